The van der Waals surface area contributed by atoms with E-state index < -0.39 is 24.6 Å². The third kappa shape index (κ3) is 10.9. The molecule has 0 radical (unpaired) electrons. The maximum absolute atomic E-state index is 12.6. The van der Waals surface area contributed by atoms with Crippen molar-refractivity contribution in [3.63, 3.8) is 0 Å². The quantitative estimate of drug-likeness (QED) is 0.138. The Labute approximate surface area is 238 Å². The number of esters is 2. The summed E-state index contributed by atoms with van der Waals surface area (Å²) in [5.74, 6) is -1.45. The van der Waals surface area contributed by atoms with Crippen molar-refractivity contribution in [3.8, 4) is 11.5 Å². The minimum atomic E-state index is -0.671. The first-order valence-electron chi connectivity index (χ1n) is 12.6. The average Bonchev–Trinajstić information content (AvgIpc) is 2.96. The first kappa shape index (κ1) is 32.1. The number of pyridine rings is 1. The Kier molecular flexibility index (Phi) is 13.1. The van der Waals surface area contributed by atoms with Crippen LogP contribution in [0.5, 0.6) is 11.5 Å². The highest BCUT2D eigenvalue weighted by Gasteiger charge is 2.21. The summed E-state index contributed by atoms with van der Waals surface area (Å²) in [4.78, 5) is 39.8. The molecule has 1 atom stereocenters. The van der Waals surface area contributed by atoms with Gasteiger partial charge in [0.15, 0.2) is 17.2 Å². The van der Waals surface area contributed by atoms with Gasteiger partial charge >= 0.3 is 11.9 Å². The Balaban J connectivity index is 0.000000745. The molecule has 0 aliphatic rings. The zero-order chi connectivity index (χ0) is 30.2. The number of benzene rings is 2. The zero-order valence-electron chi connectivity index (χ0n) is 23.3. The maximum atomic E-state index is 12.6. The largest absolute Gasteiger partial charge is 0.508 e. The van der Waals surface area contributed by atoms with E-state index >= 15 is 0 Å². The second-order valence-electron chi connectivity index (χ2n) is 8.49. The number of aromatic nitrogens is 1. The van der Waals surface area contributed by atoms with Crippen molar-refractivity contribution in [3.05, 3.63) is 103 Å². The van der Waals surface area contributed by atoms with Crippen LogP contribution in [0.2, 0.25) is 0 Å². The predicted octanol–water partition coefficient (Wildman–Crippen LogP) is 4.85. The number of amides is 1. The van der Waals surface area contributed by atoms with Gasteiger partial charge in [-0.15, -0.1) is 0 Å². The lowest BCUT2D eigenvalue weighted by Crippen LogP contribution is -2.33. The van der Waals surface area contributed by atoms with Crippen LogP contribution >= 0.6 is 0 Å². The second kappa shape index (κ2) is 16.8. The van der Waals surface area contributed by atoms with Gasteiger partial charge in [0.25, 0.3) is 5.91 Å². The minimum Gasteiger partial charge on any atom is -0.508 e. The summed E-state index contributed by atoms with van der Waals surface area (Å²) in [5.41, 5.74) is 0.918. The van der Waals surface area contributed by atoms with Gasteiger partial charge in [-0.1, -0.05) is 61.7 Å². The predicted molar refractivity (Wildman–Crippen MR) is 155 cm³/mol. The van der Waals surface area contributed by atoms with Crippen molar-refractivity contribution in [2.45, 2.75) is 26.4 Å². The van der Waals surface area contributed by atoms with E-state index in [4.69, 9.17) is 24.1 Å². The van der Waals surface area contributed by atoms with Crippen LogP contribution in [0.1, 0.15) is 29.9 Å². The molecule has 216 valence electrons. The molecule has 0 saturated carbocycles. The number of hydrogen-bond donors (Lipinski definition) is 2. The van der Waals surface area contributed by atoms with Gasteiger partial charge in [-0.05, 0) is 35.4 Å². The van der Waals surface area contributed by atoms with Crippen LogP contribution < -0.4 is 14.8 Å². The minimum absolute atomic E-state index is 0.0122. The van der Waals surface area contributed by atoms with Gasteiger partial charge in [-0.2, -0.15) is 0 Å². The van der Waals surface area contributed by atoms with Crippen molar-refractivity contribution < 1.29 is 38.4 Å². The third-order valence-corrected chi connectivity index (χ3v) is 5.33. The van der Waals surface area contributed by atoms with Gasteiger partial charge in [0.2, 0.25) is 6.79 Å². The molecule has 0 aliphatic carbocycles. The number of nitrogens with one attached hydrogen (secondary N) is 1. The summed E-state index contributed by atoms with van der Waals surface area (Å²) in [6.07, 6.45) is 5.82. The lowest BCUT2D eigenvalue weighted by molar-refractivity contribution is -0.148. The molecule has 1 aromatic heterocycles. The fraction of sp³-hybridized carbons (Fsp3) is 0.226. The van der Waals surface area contributed by atoms with E-state index in [0.717, 1.165) is 16.3 Å². The second-order valence-corrected chi connectivity index (χ2v) is 8.49. The smallest absolute Gasteiger partial charge is 0.325 e. The molecular formula is C31H34N2O8. The number of aliphatic hydroxyl groups is 1. The van der Waals surface area contributed by atoms with E-state index in [0.29, 0.717) is 6.42 Å². The Hall–Kier alpha value is -5.12. The molecule has 1 heterocycles. The number of fused-ring (bicyclic) bond motifs is 1. The number of methoxy groups -OCH3 is 1. The number of ether oxygens (including phenoxy) is 4. The maximum Gasteiger partial charge on any atom is 0.325 e. The number of hydrogen-bond acceptors (Lipinski definition) is 9. The Morgan fingerprint density at radius 1 is 1.10 bits per heavy atom. The Bertz CT molecular complexity index is 1400. The first-order valence-corrected chi connectivity index (χ1v) is 12.6. The molecule has 1 unspecified atom stereocenters. The van der Waals surface area contributed by atoms with Gasteiger partial charge in [0.1, 0.15) is 18.4 Å². The number of rotatable bonds is 12. The highest BCUT2D eigenvalue weighted by Crippen LogP contribution is 2.29. The molecule has 3 rings (SSSR count). The van der Waals surface area contributed by atoms with Crippen molar-refractivity contribution in [1.29, 1.82) is 0 Å². The van der Waals surface area contributed by atoms with Crippen molar-refractivity contribution >= 4 is 28.6 Å². The summed E-state index contributed by atoms with van der Waals surface area (Å²) in [7, 11) is 1.39. The lowest BCUT2D eigenvalue weighted by Gasteiger charge is -2.15. The summed E-state index contributed by atoms with van der Waals surface area (Å²) in [5, 5.41) is 13.2. The van der Waals surface area contributed by atoms with E-state index in [1.807, 2.05) is 36.4 Å². The molecule has 0 saturated heterocycles. The standard InChI is InChI=1S/C25H26N2O7.C6H8O/c1-16(12-18-8-9-19-6-4-5-7-20(19)13-18)34-22(29)14-27-25(30)23-24(33-15-32-17(2)28)21(31-3)10-11-26-23;1-3-5-6(7)4-2/h4-11,13,16H,12,14-15H2,1-3H3,(H,27,30);3-5,7H,1-2H2/b;6-5+. The molecule has 3 aromatic rings. The Morgan fingerprint density at radius 3 is 2.46 bits per heavy atom. The van der Waals surface area contributed by atoms with Crippen LogP contribution in [0.4, 0.5) is 0 Å². The Morgan fingerprint density at radius 2 is 1.83 bits per heavy atom. The molecule has 1 amide bonds. The zero-order valence-corrected chi connectivity index (χ0v) is 23.3. The molecule has 0 fully saturated rings. The normalized spacial score (nSPS) is 11.2. The average molecular weight is 563 g/mol. The van der Waals surface area contributed by atoms with Crippen LogP contribution in [-0.4, -0.2) is 54.5 Å². The number of carbonyl (C=O) groups is 3. The molecule has 41 heavy (non-hydrogen) atoms. The number of nitrogens with zero attached hydrogens (tertiary/aromatic N) is 1. The van der Waals surface area contributed by atoms with E-state index in [9.17, 15) is 14.4 Å². The molecule has 0 spiro atoms. The van der Waals surface area contributed by atoms with Crippen LogP contribution in [0.15, 0.2) is 91.9 Å². The van der Waals surface area contributed by atoms with Gasteiger partial charge in [-0.25, -0.2) is 4.98 Å². The monoisotopic (exact) mass is 562 g/mol. The van der Waals surface area contributed by atoms with Crippen LogP contribution in [0, 0.1) is 0 Å². The van der Waals surface area contributed by atoms with Gasteiger partial charge in [0, 0.05) is 25.6 Å². The van der Waals surface area contributed by atoms with E-state index in [1.54, 1.807) is 6.92 Å². The van der Waals surface area contributed by atoms with E-state index in [2.05, 4.69) is 29.5 Å². The number of allylic oxidation sites excluding steroid dienone is 3. The summed E-state index contributed by atoms with van der Waals surface area (Å²) < 4.78 is 20.7. The lowest BCUT2D eigenvalue weighted by atomic mass is 10.0. The van der Waals surface area contributed by atoms with Crippen molar-refractivity contribution in [2.24, 2.45) is 0 Å². The topological polar surface area (TPSA) is 133 Å². The summed E-state index contributed by atoms with van der Waals surface area (Å²) in [6, 6.07) is 15.6. The van der Waals surface area contributed by atoms with E-state index in [-0.39, 0.29) is 35.6 Å². The molecule has 10 heteroatoms. The molecule has 0 aliphatic heterocycles. The summed E-state index contributed by atoms with van der Waals surface area (Å²) >= 11 is 0. The van der Waals surface area contributed by atoms with Crippen LogP contribution in [0.3, 0.4) is 0 Å². The van der Waals surface area contributed by atoms with Crippen molar-refractivity contribution in [2.75, 3.05) is 20.4 Å². The third-order valence-electron chi connectivity index (χ3n) is 5.33. The van der Waals surface area contributed by atoms with Gasteiger partial charge in [-0.3, -0.25) is 14.4 Å². The van der Waals surface area contributed by atoms with E-state index in [1.165, 1.54) is 44.5 Å². The molecule has 2 aromatic carbocycles. The highest BCUT2D eigenvalue weighted by atomic mass is 16.7. The molecule has 2 N–H and O–H groups in total. The van der Waals surface area contributed by atoms with Crippen LogP contribution in [0.25, 0.3) is 10.8 Å². The molecule has 0 bridgehead atoms. The SMILES string of the molecule is C=C/C=C(/O)C=C.COc1ccnc(C(=O)NCC(=O)OC(C)Cc2ccc3ccccc3c2)c1OCOC(C)=O. The van der Waals surface area contributed by atoms with Crippen molar-refractivity contribution in [1.82, 2.24) is 10.3 Å². The fourth-order valence-electron chi connectivity index (χ4n) is 3.49. The number of carbonyl (C=O) groups excluding carboxylic acids is 3. The van der Waals surface area contributed by atoms with Gasteiger partial charge in [0.05, 0.1) is 7.11 Å². The number of aliphatic hydroxyl groups excluding tert-OH is 1. The molecule has 10 nitrogen and oxygen atoms in total. The van der Waals surface area contributed by atoms with Crippen LogP contribution in [-0.2, 0) is 25.5 Å². The molecular weight excluding hydrogens is 528 g/mol. The summed E-state index contributed by atoms with van der Waals surface area (Å²) in [6.45, 7) is 8.91. The van der Waals surface area contributed by atoms with Gasteiger partial charge < -0.3 is 29.4 Å². The highest BCUT2D eigenvalue weighted by molar-refractivity contribution is 5.97. The fourth-order valence-corrected chi connectivity index (χ4v) is 3.49. The first-order chi connectivity index (χ1) is 19.7.